The average molecular weight is 348 g/mol. The lowest BCUT2D eigenvalue weighted by atomic mass is 10.1. The van der Waals surface area contributed by atoms with Crippen LogP contribution in [0, 0.1) is 25.2 Å². The number of para-hydroxylation sites is 1. The molecule has 0 fully saturated rings. The van der Waals surface area contributed by atoms with E-state index in [4.69, 9.17) is 0 Å². The molecule has 7 nitrogen and oxygen atoms in total. The number of aromatic nitrogens is 4. The summed E-state index contributed by atoms with van der Waals surface area (Å²) < 4.78 is 3.15. The quantitative estimate of drug-likeness (QED) is 0.705. The van der Waals surface area contributed by atoms with E-state index in [0.29, 0.717) is 24.5 Å². The van der Waals surface area contributed by atoms with Gasteiger partial charge in [0.25, 0.3) is 5.56 Å². The van der Waals surface area contributed by atoms with Gasteiger partial charge in [0.2, 0.25) is 0 Å². The van der Waals surface area contributed by atoms with Crippen molar-refractivity contribution in [3.05, 3.63) is 75.5 Å². The summed E-state index contributed by atoms with van der Waals surface area (Å²) in [7, 11) is 1.90. The van der Waals surface area contributed by atoms with Gasteiger partial charge in [-0.25, -0.2) is 9.36 Å². The molecule has 0 aliphatic rings. The van der Waals surface area contributed by atoms with E-state index in [0.717, 1.165) is 11.3 Å². The maximum Gasteiger partial charge on any atom is 0.286 e. The number of hydrogen-bond acceptors (Lipinski definition) is 5. The van der Waals surface area contributed by atoms with Crippen molar-refractivity contribution in [1.82, 2.24) is 24.5 Å². The topological polar surface area (TPSA) is 79.7 Å². The Morgan fingerprint density at radius 2 is 1.96 bits per heavy atom. The van der Waals surface area contributed by atoms with Gasteiger partial charge in [-0.05, 0) is 38.6 Å². The highest BCUT2D eigenvalue weighted by Crippen LogP contribution is 2.10. The molecule has 1 aromatic carbocycles. The Morgan fingerprint density at radius 3 is 2.65 bits per heavy atom. The van der Waals surface area contributed by atoms with Crippen molar-refractivity contribution in [3.63, 3.8) is 0 Å². The minimum absolute atomic E-state index is 0.155. The Bertz CT molecular complexity index is 1010. The van der Waals surface area contributed by atoms with Gasteiger partial charge in [-0.2, -0.15) is 15.5 Å². The molecule has 0 saturated carbocycles. The molecule has 0 aliphatic carbocycles. The first-order valence-corrected chi connectivity index (χ1v) is 8.25. The van der Waals surface area contributed by atoms with Crippen LogP contribution in [0.1, 0.15) is 22.4 Å². The summed E-state index contributed by atoms with van der Waals surface area (Å²) in [6.07, 6.45) is 3.77. The van der Waals surface area contributed by atoms with Crippen LogP contribution < -0.4 is 5.56 Å². The summed E-state index contributed by atoms with van der Waals surface area (Å²) >= 11 is 0. The minimum Gasteiger partial charge on any atom is -0.283 e. The van der Waals surface area contributed by atoms with Crippen LogP contribution in [0.3, 0.4) is 0 Å². The maximum absolute atomic E-state index is 12.4. The fourth-order valence-electron chi connectivity index (χ4n) is 2.75. The third kappa shape index (κ3) is 3.55. The third-order valence-corrected chi connectivity index (χ3v) is 4.23. The zero-order valence-corrected chi connectivity index (χ0v) is 15.0. The summed E-state index contributed by atoms with van der Waals surface area (Å²) in [5.41, 5.74) is 3.14. The Kier molecular flexibility index (Phi) is 4.96. The lowest BCUT2D eigenvalue weighted by Crippen LogP contribution is -2.33. The average Bonchev–Trinajstić information content (AvgIpc) is 3.09. The molecule has 0 saturated heterocycles. The van der Waals surface area contributed by atoms with E-state index in [2.05, 4.69) is 10.2 Å². The lowest BCUT2D eigenvalue weighted by molar-refractivity contribution is 0.239. The maximum atomic E-state index is 12.4. The Morgan fingerprint density at radius 1 is 1.23 bits per heavy atom. The number of benzene rings is 1. The second-order valence-corrected chi connectivity index (χ2v) is 6.29. The third-order valence-electron chi connectivity index (χ3n) is 4.23. The van der Waals surface area contributed by atoms with E-state index in [1.807, 2.05) is 59.2 Å². The molecule has 0 atom stereocenters. The molecule has 0 aliphatic heterocycles. The molecule has 0 spiro atoms. The summed E-state index contributed by atoms with van der Waals surface area (Å²) in [4.78, 5) is 14.3. The van der Waals surface area contributed by atoms with Gasteiger partial charge in [-0.3, -0.25) is 9.69 Å². The minimum atomic E-state index is -0.359. The van der Waals surface area contributed by atoms with Gasteiger partial charge in [0.1, 0.15) is 11.6 Å². The predicted octanol–water partition coefficient (Wildman–Crippen LogP) is 2.01. The fraction of sp³-hybridized carbons (Fsp3) is 0.263. The highest BCUT2D eigenvalue weighted by Gasteiger charge is 2.13. The zero-order chi connectivity index (χ0) is 18.7. The van der Waals surface area contributed by atoms with Crippen LogP contribution in [-0.2, 0) is 13.2 Å². The van der Waals surface area contributed by atoms with Gasteiger partial charge < -0.3 is 0 Å². The van der Waals surface area contributed by atoms with Crippen molar-refractivity contribution < 1.29 is 0 Å². The first-order valence-electron chi connectivity index (χ1n) is 8.25. The molecular formula is C19H20N6O. The molecule has 132 valence electrons. The van der Waals surface area contributed by atoms with Crippen molar-refractivity contribution in [3.8, 4) is 11.8 Å². The first kappa shape index (κ1) is 17.6. The van der Waals surface area contributed by atoms with Crippen LogP contribution in [0.2, 0.25) is 0 Å². The second kappa shape index (κ2) is 7.33. The molecule has 0 bridgehead atoms. The molecule has 0 N–H and O–H groups in total. The van der Waals surface area contributed by atoms with E-state index in [-0.39, 0.29) is 11.1 Å². The monoisotopic (exact) mass is 348 g/mol. The fourth-order valence-corrected chi connectivity index (χ4v) is 2.75. The second-order valence-electron chi connectivity index (χ2n) is 6.29. The highest BCUT2D eigenvalue weighted by atomic mass is 16.1. The van der Waals surface area contributed by atoms with Crippen LogP contribution in [-0.4, -0.2) is 31.5 Å². The van der Waals surface area contributed by atoms with Crippen molar-refractivity contribution in [2.75, 3.05) is 7.05 Å². The van der Waals surface area contributed by atoms with Gasteiger partial charge in [-0.1, -0.05) is 18.2 Å². The SMILES string of the molecule is Cc1nn(CN(C)Cc2cnn(-c3ccccc3)c2)c(=O)c(C#N)c1C. The standard InChI is InChI=1S/C19H20N6O/c1-14-15(2)22-25(19(26)18(14)9-20)13-23(3)11-16-10-21-24(12-16)17-7-5-4-6-8-17/h4-8,10,12H,11,13H2,1-3H3. The molecule has 2 heterocycles. The first-order chi connectivity index (χ1) is 12.5. The van der Waals surface area contributed by atoms with Gasteiger partial charge in [0, 0.05) is 18.3 Å². The number of nitriles is 1. The van der Waals surface area contributed by atoms with Crippen LogP contribution in [0.25, 0.3) is 5.69 Å². The Hall–Kier alpha value is -3.24. The Balaban J connectivity index is 1.75. The van der Waals surface area contributed by atoms with Crippen LogP contribution in [0.5, 0.6) is 0 Å². The summed E-state index contributed by atoms with van der Waals surface area (Å²) in [6, 6.07) is 11.9. The van der Waals surface area contributed by atoms with Gasteiger partial charge >= 0.3 is 0 Å². The largest absolute Gasteiger partial charge is 0.286 e. The molecule has 3 aromatic rings. The van der Waals surface area contributed by atoms with Gasteiger partial charge in [0.15, 0.2) is 0 Å². The zero-order valence-electron chi connectivity index (χ0n) is 15.0. The molecule has 0 unspecified atom stereocenters. The lowest BCUT2D eigenvalue weighted by Gasteiger charge is -2.17. The molecule has 0 amide bonds. The number of nitrogens with zero attached hydrogens (tertiary/aromatic N) is 6. The number of rotatable bonds is 5. The van der Waals surface area contributed by atoms with E-state index in [1.165, 1.54) is 4.68 Å². The van der Waals surface area contributed by atoms with Gasteiger partial charge in [-0.15, -0.1) is 0 Å². The van der Waals surface area contributed by atoms with Crippen LogP contribution in [0.4, 0.5) is 0 Å². The Labute approximate surface area is 151 Å². The molecule has 7 heteroatoms. The van der Waals surface area contributed by atoms with Gasteiger partial charge in [0.05, 0.1) is 24.2 Å². The summed E-state index contributed by atoms with van der Waals surface area (Å²) in [6.45, 7) is 4.45. The van der Waals surface area contributed by atoms with Crippen LogP contribution in [0.15, 0.2) is 47.5 Å². The molecule has 26 heavy (non-hydrogen) atoms. The van der Waals surface area contributed by atoms with E-state index >= 15 is 0 Å². The van der Waals surface area contributed by atoms with Crippen molar-refractivity contribution in [1.29, 1.82) is 5.26 Å². The van der Waals surface area contributed by atoms with E-state index < -0.39 is 0 Å². The van der Waals surface area contributed by atoms with Crippen molar-refractivity contribution >= 4 is 0 Å². The smallest absolute Gasteiger partial charge is 0.283 e. The van der Waals surface area contributed by atoms with Crippen molar-refractivity contribution in [2.45, 2.75) is 27.1 Å². The van der Waals surface area contributed by atoms with Crippen LogP contribution >= 0.6 is 0 Å². The van der Waals surface area contributed by atoms with E-state index in [9.17, 15) is 10.1 Å². The normalized spacial score (nSPS) is 10.9. The number of hydrogen-bond donors (Lipinski definition) is 0. The summed E-state index contributed by atoms with van der Waals surface area (Å²) in [5, 5.41) is 17.9. The molecule has 0 radical (unpaired) electrons. The molecular weight excluding hydrogens is 328 g/mol. The number of aryl methyl sites for hydroxylation is 1. The predicted molar refractivity (Wildman–Crippen MR) is 97.7 cm³/mol. The van der Waals surface area contributed by atoms with Crippen molar-refractivity contribution in [2.24, 2.45) is 0 Å². The highest BCUT2D eigenvalue weighted by molar-refractivity contribution is 5.36. The molecule has 2 aromatic heterocycles. The molecule has 3 rings (SSSR count). The van der Waals surface area contributed by atoms with E-state index in [1.54, 1.807) is 20.0 Å². The summed E-state index contributed by atoms with van der Waals surface area (Å²) in [5.74, 6) is 0.